The summed E-state index contributed by atoms with van der Waals surface area (Å²) in [4.78, 5) is 0. The lowest BCUT2D eigenvalue weighted by Crippen LogP contribution is -2.94. The molecule has 2 aromatic rings. The van der Waals surface area contributed by atoms with Crippen molar-refractivity contribution >= 4 is 33.6 Å². The summed E-state index contributed by atoms with van der Waals surface area (Å²) < 4.78 is 57.1. The third-order valence-corrected chi connectivity index (χ3v) is 38.1. The standard InChI is InChI=1S/C30H46O9Si3/c1-31-30(17-11-18-35-21-26-23-37-26)25-40(32-2,20-12-19-36-22-27-24-38-27)42(33-3,34-4)41(39-30,28-13-7-5-8-14-28)29-15-9-6-10-16-29/h5-10,13-16,26-27H,11-12,17-25H2,1-4H3. The van der Waals surface area contributed by atoms with Gasteiger partial charge in [0.1, 0.15) is 12.2 Å². The fourth-order valence-electron chi connectivity index (χ4n) is 6.59. The summed E-state index contributed by atoms with van der Waals surface area (Å²) in [5, 5.41) is 2.21. The number of epoxide rings is 2. The molecule has 3 saturated heterocycles. The Bertz CT molecular complexity index is 1060. The molecule has 9 nitrogen and oxygen atoms in total. The Morgan fingerprint density at radius 2 is 1.26 bits per heavy atom. The van der Waals surface area contributed by atoms with E-state index in [0.29, 0.717) is 38.9 Å². The minimum atomic E-state index is -3.30. The second-order valence-electron chi connectivity index (χ2n) is 11.3. The maximum atomic E-state index is 7.60. The zero-order valence-corrected chi connectivity index (χ0v) is 28.4. The van der Waals surface area contributed by atoms with Crippen LogP contribution in [0.2, 0.25) is 12.1 Å². The summed E-state index contributed by atoms with van der Waals surface area (Å²) in [6, 6.07) is 22.4. The molecule has 0 saturated carbocycles. The molecule has 232 valence electrons. The van der Waals surface area contributed by atoms with Crippen LogP contribution in [0.5, 0.6) is 0 Å². The number of benzene rings is 2. The van der Waals surface area contributed by atoms with Gasteiger partial charge in [0.05, 0.1) is 26.4 Å². The first-order valence-corrected chi connectivity index (χ1v) is 23.0. The van der Waals surface area contributed by atoms with Crippen molar-refractivity contribution in [1.82, 2.24) is 0 Å². The maximum absolute atomic E-state index is 7.60. The molecule has 0 aliphatic carbocycles. The van der Waals surface area contributed by atoms with E-state index >= 15 is 0 Å². The van der Waals surface area contributed by atoms with Gasteiger partial charge in [-0.2, -0.15) is 0 Å². The lowest BCUT2D eigenvalue weighted by molar-refractivity contribution is -0.165. The molecular formula is C30H46O9Si3. The van der Waals surface area contributed by atoms with Crippen molar-refractivity contribution < 1.29 is 41.4 Å². The van der Waals surface area contributed by atoms with E-state index in [2.05, 4.69) is 48.5 Å². The van der Waals surface area contributed by atoms with Crippen molar-refractivity contribution in [1.29, 1.82) is 0 Å². The Kier molecular flexibility index (Phi) is 10.9. The zero-order valence-electron chi connectivity index (χ0n) is 25.4. The summed E-state index contributed by atoms with van der Waals surface area (Å²) >= 11 is 0. The van der Waals surface area contributed by atoms with Crippen molar-refractivity contribution in [2.24, 2.45) is 0 Å². The third kappa shape index (κ3) is 6.41. The molecule has 4 unspecified atom stereocenters. The number of rotatable bonds is 18. The van der Waals surface area contributed by atoms with Crippen LogP contribution in [0.1, 0.15) is 19.3 Å². The monoisotopic (exact) mass is 634 g/mol. The maximum Gasteiger partial charge on any atom is 0.372 e. The van der Waals surface area contributed by atoms with Gasteiger partial charge >= 0.3 is 15.4 Å². The molecule has 3 heterocycles. The molecule has 2 aromatic carbocycles. The second kappa shape index (κ2) is 14.2. The van der Waals surface area contributed by atoms with Gasteiger partial charge < -0.3 is 41.4 Å². The van der Waals surface area contributed by atoms with E-state index in [0.717, 1.165) is 42.5 Å². The van der Waals surface area contributed by atoms with Crippen molar-refractivity contribution in [2.45, 2.75) is 49.3 Å². The highest BCUT2D eigenvalue weighted by atomic mass is 29.7. The lowest BCUT2D eigenvalue weighted by Gasteiger charge is -2.60. The molecule has 5 rings (SSSR count). The highest BCUT2D eigenvalue weighted by molar-refractivity contribution is 7.68. The molecule has 0 aromatic heterocycles. The van der Waals surface area contributed by atoms with Crippen LogP contribution in [0.4, 0.5) is 0 Å². The number of hydrogen-bond donors (Lipinski definition) is 0. The van der Waals surface area contributed by atoms with Gasteiger partial charge in [0, 0.05) is 54.1 Å². The summed E-state index contributed by atoms with van der Waals surface area (Å²) in [6.45, 7) is 4.05. The fourth-order valence-corrected chi connectivity index (χ4v) is 41.4. The Balaban J connectivity index is 1.58. The topological polar surface area (TPSA) is 89.7 Å². The molecular weight excluding hydrogens is 589 g/mol. The first-order chi connectivity index (χ1) is 20.5. The Hall–Kier alpha value is -1.27. The van der Waals surface area contributed by atoms with Gasteiger partial charge in [0.25, 0.3) is 0 Å². The summed E-state index contributed by atoms with van der Waals surface area (Å²) in [5.41, 5.74) is 0. The van der Waals surface area contributed by atoms with E-state index in [1.54, 1.807) is 21.3 Å². The number of methoxy groups -OCH3 is 1. The fraction of sp³-hybridized carbons (Fsp3) is 0.600. The minimum absolute atomic E-state index is 0.235. The molecule has 0 radical (unpaired) electrons. The van der Waals surface area contributed by atoms with Crippen molar-refractivity contribution in [3.8, 4) is 0 Å². The van der Waals surface area contributed by atoms with Crippen LogP contribution in [0.25, 0.3) is 0 Å². The molecule has 0 spiro atoms. The van der Waals surface area contributed by atoms with Gasteiger partial charge in [-0.15, -0.1) is 0 Å². The van der Waals surface area contributed by atoms with Gasteiger partial charge in [-0.25, -0.2) is 0 Å². The van der Waals surface area contributed by atoms with Crippen LogP contribution in [0.3, 0.4) is 0 Å². The molecule has 3 aliphatic rings. The summed E-state index contributed by atoms with van der Waals surface area (Å²) in [5.74, 6) is -0.893. The Morgan fingerprint density at radius 3 is 1.71 bits per heavy atom. The molecule has 0 bridgehead atoms. The van der Waals surface area contributed by atoms with Crippen LogP contribution in [0, 0.1) is 0 Å². The molecule has 12 heteroatoms. The Morgan fingerprint density at radius 1 is 0.738 bits per heavy atom. The largest absolute Gasteiger partial charge is 0.417 e. The van der Waals surface area contributed by atoms with Crippen molar-refractivity contribution in [2.75, 3.05) is 68.1 Å². The average molecular weight is 635 g/mol. The predicted molar refractivity (Wildman–Crippen MR) is 166 cm³/mol. The first kappa shape index (κ1) is 32.1. The molecule has 3 fully saturated rings. The summed E-state index contributed by atoms with van der Waals surface area (Å²) in [6.07, 6.45) is 2.74. The smallest absolute Gasteiger partial charge is 0.372 e. The van der Waals surface area contributed by atoms with Gasteiger partial charge in [0.2, 0.25) is 7.83 Å². The normalized spacial score (nSPS) is 29.3. The second-order valence-corrected chi connectivity index (χ2v) is 29.6. The average Bonchev–Trinajstić information content (AvgIpc) is 3.98. The minimum Gasteiger partial charge on any atom is -0.417 e. The highest BCUT2D eigenvalue weighted by Crippen LogP contribution is 2.49. The Labute approximate surface area is 252 Å². The first-order valence-electron chi connectivity index (χ1n) is 14.9. The lowest BCUT2D eigenvalue weighted by atomic mass is 10.2. The van der Waals surface area contributed by atoms with E-state index in [1.807, 2.05) is 19.2 Å². The molecule has 0 N–H and O–H groups in total. The molecule has 42 heavy (non-hydrogen) atoms. The van der Waals surface area contributed by atoms with Crippen molar-refractivity contribution in [3.63, 3.8) is 0 Å². The molecule has 3 aliphatic heterocycles. The van der Waals surface area contributed by atoms with Crippen molar-refractivity contribution in [3.05, 3.63) is 60.7 Å². The van der Waals surface area contributed by atoms with Gasteiger partial charge in [-0.05, 0) is 29.3 Å². The molecule has 0 amide bonds. The van der Waals surface area contributed by atoms with Crippen LogP contribution < -0.4 is 10.4 Å². The van der Waals surface area contributed by atoms with Crippen LogP contribution in [-0.4, -0.2) is 109 Å². The van der Waals surface area contributed by atoms with E-state index in [-0.39, 0.29) is 12.2 Å². The quantitative estimate of drug-likeness (QED) is 0.140. The van der Waals surface area contributed by atoms with Crippen LogP contribution in [0.15, 0.2) is 60.7 Å². The highest BCUT2D eigenvalue weighted by Gasteiger charge is 2.81. The van der Waals surface area contributed by atoms with E-state index in [4.69, 9.17) is 41.4 Å². The van der Waals surface area contributed by atoms with E-state index in [1.165, 1.54) is 0 Å². The van der Waals surface area contributed by atoms with Gasteiger partial charge in [0.15, 0.2) is 5.79 Å². The van der Waals surface area contributed by atoms with E-state index < -0.39 is 29.1 Å². The molecule has 4 atom stereocenters. The van der Waals surface area contributed by atoms with E-state index in [9.17, 15) is 0 Å². The predicted octanol–water partition coefficient (Wildman–Crippen LogP) is 2.60. The zero-order chi connectivity index (χ0) is 29.5. The van der Waals surface area contributed by atoms with Gasteiger partial charge in [-0.1, -0.05) is 60.7 Å². The number of hydrogen-bond acceptors (Lipinski definition) is 9. The van der Waals surface area contributed by atoms with Crippen LogP contribution >= 0.6 is 0 Å². The van der Waals surface area contributed by atoms with Crippen LogP contribution in [-0.2, 0) is 41.4 Å². The summed E-state index contributed by atoms with van der Waals surface area (Å²) in [7, 11) is -2.29. The van der Waals surface area contributed by atoms with Gasteiger partial charge in [-0.3, -0.25) is 0 Å². The SMILES string of the molecule is COC1(CCCOCC2CO2)C[Si](CCCOCC2CO2)(OC)[Si](OC)(OC)[Si](c2ccccc2)(c2ccccc2)O1. The number of ether oxygens (including phenoxy) is 5. The third-order valence-electron chi connectivity index (χ3n) is 8.78.